The Kier molecular flexibility index (Phi) is 4.52. The number of amides is 1. The highest BCUT2D eigenvalue weighted by molar-refractivity contribution is 8.16. The Morgan fingerprint density at radius 2 is 2.14 bits per heavy atom. The van der Waals surface area contributed by atoms with Crippen LogP contribution >= 0.6 is 11.8 Å². The number of hydrogen-bond donors (Lipinski definition) is 1. The van der Waals surface area contributed by atoms with Crippen LogP contribution in [0.2, 0.25) is 0 Å². The molecule has 0 aromatic carbocycles. The second-order valence-electron chi connectivity index (χ2n) is 6.00. The number of ether oxygens (including phenoxy) is 1. The maximum Gasteiger partial charge on any atom is 0.448 e. The zero-order valence-electron chi connectivity index (χ0n) is 12.9. The molecule has 0 aromatic heterocycles. The van der Waals surface area contributed by atoms with Gasteiger partial charge in [0.25, 0.3) is 5.91 Å². The lowest BCUT2D eigenvalue weighted by Gasteiger charge is -2.24. The maximum atomic E-state index is 12.9. The minimum atomic E-state index is -4.49. The summed E-state index contributed by atoms with van der Waals surface area (Å²) in [5.41, 5.74) is 0.161. The van der Waals surface area contributed by atoms with Crippen molar-refractivity contribution in [2.24, 2.45) is 10.9 Å². The molecule has 2 heterocycles. The summed E-state index contributed by atoms with van der Waals surface area (Å²) in [5, 5.41) is 3.21. The fourth-order valence-electron chi connectivity index (χ4n) is 2.28. The zero-order chi connectivity index (χ0) is 16.7. The van der Waals surface area contributed by atoms with Gasteiger partial charge in [0.1, 0.15) is 4.75 Å². The molecule has 0 saturated heterocycles. The fourth-order valence-corrected chi connectivity index (χ4v) is 3.32. The summed E-state index contributed by atoms with van der Waals surface area (Å²) in [6.07, 6.45) is -4.77. The second-order valence-corrected chi connectivity index (χ2v) is 7.44. The summed E-state index contributed by atoms with van der Waals surface area (Å²) < 4.78 is 42.8. The second kappa shape index (κ2) is 5.79. The molecule has 2 atom stereocenters. The van der Waals surface area contributed by atoms with Crippen LogP contribution in [0.25, 0.3) is 0 Å². The number of halogens is 3. The molecule has 0 saturated carbocycles. The highest BCUT2D eigenvalue weighted by Crippen LogP contribution is 2.40. The summed E-state index contributed by atoms with van der Waals surface area (Å²) in [6, 6.07) is 0. The highest BCUT2D eigenvalue weighted by atomic mass is 32.2. The van der Waals surface area contributed by atoms with E-state index in [2.05, 4.69) is 10.3 Å². The summed E-state index contributed by atoms with van der Waals surface area (Å²) >= 11 is 1.27. The number of rotatable bonds is 3. The van der Waals surface area contributed by atoms with Crippen molar-refractivity contribution >= 4 is 22.8 Å². The lowest BCUT2D eigenvalue weighted by Crippen LogP contribution is -2.34. The first-order chi connectivity index (χ1) is 10.0. The van der Waals surface area contributed by atoms with Crippen molar-refractivity contribution in [3.63, 3.8) is 0 Å². The molecule has 22 heavy (non-hydrogen) atoms. The topological polar surface area (TPSA) is 50.7 Å². The highest BCUT2D eigenvalue weighted by Gasteiger charge is 2.45. The predicted octanol–water partition coefficient (Wildman–Crippen LogP) is 3.25. The van der Waals surface area contributed by atoms with Crippen molar-refractivity contribution in [3.05, 3.63) is 11.3 Å². The number of nitrogens with zero attached hydrogens (tertiary/aromatic N) is 1. The van der Waals surface area contributed by atoms with Crippen LogP contribution in [0.1, 0.15) is 34.1 Å². The summed E-state index contributed by atoms with van der Waals surface area (Å²) in [6.45, 7) is 7.21. The molecule has 0 spiro atoms. The summed E-state index contributed by atoms with van der Waals surface area (Å²) in [4.78, 5) is 15.9. The Bertz CT molecular complexity index is 543. The number of allylic oxidation sites excluding steroid dienone is 1. The van der Waals surface area contributed by atoms with E-state index in [1.807, 2.05) is 13.8 Å². The van der Waals surface area contributed by atoms with Gasteiger partial charge in [0, 0.05) is 13.0 Å². The van der Waals surface area contributed by atoms with Gasteiger partial charge in [0.05, 0.1) is 6.10 Å². The van der Waals surface area contributed by atoms with Gasteiger partial charge >= 0.3 is 6.18 Å². The van der Waals surface area contributed by atoms with Crippen molar-refractivity contribution in [1.29, 1.82) is 0 Å². The van der Waals surface area contributed by atoms with Crippen molar-refractivity contribution in [1.82, 2.24) is 5.32 Å². The fraction of sp³-hybridized carbons (Fsp3) is 0.714. The Hall–Kier alpha value is -1.18. The SMILES string of the molecule is CC1CC(CNC2=NC(=O)C(C)(C(C)C)S2)=C(C(F)(F)F)O1. The molecule has 0 aliphatic carbocycles. The molecule has 1 amide bonds. The quantitative estimate of drug-likeness (QED) is 0.860. The molecule has 0 radical (unpaired) electrons. The molecule has 0 bridgehead atoms. The average Bonchev–Trinajstić information content (AvgIpc) is 2.89. The number of amidine groups is 1. The lowest BCUT2D eigenvalue weighted by atomic mass is 9.96. The van der Waals surface area contributed by atoms with Gasteiger partial charge in [0.15, 0.2) is 5.17 Å². The summed E-state index contributed by atoms with van der Waals surface area (Å²) in [7, 11) is 0. The monoisotopic (exact) mass is 336 g/mol. The molecule has 2 aliphatic heterocycles. The number of thioether (sulfide) groups is 1. The van der Waals surface area contributed by atoms with Crippen molar-refractivity contribution < 1.29 is 22.7 Å². The van der Waals surface area contributed by atoms with E-state index in [9.17, 15) is 18.0 Å². The van der Waals surface area contributed by atoms with Gasteiger partial charge in [0.2, 0.25) is 5.76 Å². The predicted molar refractivity (Wildman–Crippen MR) is 79.5 cm³/mol. The Balaban J connectivity index is 2.05. The molecule has 2 rings (SSSR count). The first kappa shape index (κ1) is 17.2. The number of nitrogens with one attached hydrogen (secondary N) is 1. The van der Waals surface area contributed by atoms with Gasteiger partial charge in [-0.15, -0.1) is 0 Å². The average molecular weight is 336 g/mol. The smallest absolute Gasteiger partial charge is 0.448 e. The largest absolute Gasteiger partial charge is 0.486 e. The molecule has 0 fully saturated rings. The Morgan fingerprint density at radius 3 is 2.64 bits per heavy atom. The van der Waals surface area contributed by atoms with Crippen LogP contribution < -0.4 is 5.32 Å². The van der Waals surface area contributed by atoms with E-state index in [0.29, 0.717) is 5.17 Å². The minimum Gasteiger partial charge on any atom is -0.486 e. The standard InChI is InChI=1S/C14H19F3N2O2S/c1-7(2)13(4)11(20)19-12(22-13)18-6-9-5-8(3)21-10(9)14(15,16)17/h7-8H,5-6H2,1-4H3,(H,18,19,20). The van der Waals surface area contributed by atoms with Crippen molar-refractivity contribution in [3.8, 4) is 0 Å². The maximum absolute atomic E-state index is 12.9. The van der Waals surface area contributed by atoms with Gasteiger partial charge in [-0.1, -0.05) is 25.6 Å². The van der Waals surface area contributed by atoms with Crippen LogP contribution in [0.5, 0.6) is 0 Å². The first-order valence-corrected chi connectivity index (χ1v) is 7.87. The van der Waals surface area contributed by atoms with Crippen molar-refractivity contribution in [2.75, 3.05) is 6.54 Å². The van der Waals surface area contributed by atoms with Crippen molar-refractivity contribution in [2.45, 2.75) is 51.1 Å². The number of carbonyl (C=O) groups excluding carboxylic acids is 1. The molecule has 4 nitrogen and oxygen atoms in total. The third-order valence-electron chi connectivity index (χ3n) is 3.92. The molecule has 2 aliphatic rings. The number of hydrogen-bond acceptors (Lipinski definition) is 4. The Labute approximate surface area is 131 Å². The number of alkyl halides is 3. The van der Waals surface area contributed by atoms with Crippen LogP contribution in [0.3, 0.4) is 0 Å². The normalized spacial score (nSPS) is 29.2. The van der Waals surface area contributed by atoms with Gasteiger partial charge in [-0.2, -0.15) is 18.2 Å². The van der Waals surface area contributed by atoms with Crippen LogP contribution in [-0.4, -0.2) is 34.6 Å². The van der Waals surface area contributed by atoms with Gasteiger partial charge < -0.3 is 10.1 Å². The van der Waals surface area contributed by atoms with E-state index in [1.54, 1.807) is 13.8 Å². The molecule has 2 unspecified atom stereocenters. The van der Waals surface area contributed by atoms with Crippen LogP contribution in [0.15, 0.2) is 16.3 Å². The molecular weight excluding hydrogens is 317 g/mol. The van der Waals surface area contributed by atoms with E-state index < -0.39 is 22.8 Å². The van der Waals surface area contributed by atoms with E-state index in [1.165, 1.54) is 11.8 Å². The van der Waals surface area contributed by atoms with Crippen LogP contribution in [0, 0.1) is 5.92 Å². The Morgan fingerprint density at radius 1 is 1.50 bits per heavy atom. The molecule has 0 aromatic rings. The van der Waals surface area contributed by atoms with E-state index >= 15 is 0 Å². The van der Waals surface area contributed by atoms with Crippen LogP contribution in [-0.2, 0) is 9.53 Å². The van der Waals surface area contributed by atoms with Crippen LogP contribution in [0.4, 0.5) is 13.2 Å². The minimum absolute atomic E-state index is 0.0214. The van der Waals surface area contributed by atoms with Gasteiger partial charge in [-0.05, 0) is 25.3 Å². The third kappa shape index (κ3) is 3.26. The van der Waals surface area contributed by atoms with E-state index in [0.717, 1.165) is 0 Å². The lowest BCUT2D eigenvalue weighted by molar-refractivity contribution is -0.133. The number of aliphatic imine (C=N–C) groups is 1. The zero-order valence-corrected chi connectivity index (χ0v) is 13.7. The van der Waals surface area contributed by atoms with Gasteiger partial charge in [-0.25, -0.2) is 0 Å². The summed E-state index contributed by atoms with van der Waals surface area (Å²) in [5.74, 6) is -1.10. The molecule has 1 N–H and O–H groups in total. The van der Waals surface area contributed by atoms with Gasteiger partial charge in [-0.3, -0.25) is 4.79 Å². The molecule has 8 heteroatoms. The number of carbonyl (C=O) groups is 1. The molecular formula is C14H19F3N2O2S. The molecule has 124 valence electrons. The third-order valence-corrected chi connectivity index (χ3v) is 5.42. The van der Waals surface area contributed by atoms with E-state index in [4.69, 9.17) is 4.74 Å². The van der Waals surface area contributed by atoms with E-state index in [-0.39, 0.29) is 30.4 Å². The first-order valence-electron chi connectivity index (χ1n) is 7.06.